The Balaban J connectivity index is 1.66. The molecule has 0 saturated carbocycles. The first-order chi connectivity index (χ1) is 13.9. The van der Waals surface area contributed by atoms with Crippen molar-refractivity contribution in [2.45, 2.75) is 76.4 Å². The van der Waals surface area contributed by atoms with Gasteiger partial charge in [0.15, 0.2) is 0 Å². The summed E-state index contributed by atoms with van der Waals surface area (Å²) in [6.45, 7) is 2.29. The molecule has 0 aliphatic rings. The standard InChI is InChI=1S/C27H38S/c1-2-3-4-5-6-7-8-9-10-17-24-28-27(26-20-15-12-16-21-26)23-22-25-18-13-11-14-19-25/h11-16,18-23,27H,2-10,17,24H2,1H3/b23-22+. The zero-order valence-corrected chi connectivity index (χ0v) is 18.5. The van der Waals surface area contributed by atoms with Gasteiger partial charge in [-0.25, -0.2) is 0 Å². The van der Waals surface area contributed by atoms with Crippen LogP contribution in [0.1, 0.15) is 87.5 Å². The summed E-state index contributed by atoms with van der Waals surface area (Å²) in [5, 5.41) is 0.444. The highest BCUT2D eigenvalue weighted by Crippen LogP contribution is 2.31. The van der Waals surface area contributed by atoms with Crippen LogP contribution in [0, 0.1) is 0 Å². The van der Waals surface area contributed by atoms with Gasteiger partial charge in [0.05, 0.1) is 0 Å². The molecule has 0 fully saturated rings. The van der Waals surface area contributed by atoms with Crippen molar-refractivity contribution in [3.05, 3.63) is 77.9 Å². The maximum absolute atomic E-state index is 2.37. The Morgan fingerprint density at radius 3 is 1.82 bits per heavy atom. The quantitative estimate of drug-likeness (QED) is 0.271. The molecule has 1 unspecified atom stereocenters. The molecule has 0 saturated heterocycles. The Morgan fingerprint density at radius 2 is 1.21 bits per heavy atom. The second-order valence-corrected chi connectivity index (χ2v) is 8.90. The molecule has 0 aliphatic heterocycles. The molecule has 0 nitrogen and oxygen atoms in total. The number of hydrogen-bond acceptors (Lipinski definition) is 1. The van der Waals surface area contributed by atoms with Gasteiger partial charge < -0.3 is 0 Å². The van der Waals surface area contributed by atoms with Gasteiger partial charge in [-0.2, -0.15) is 0 Å². The lowest BCUT2D eigenvalue weighted by molar-refractivity contribution is 0.563. The minimum absolute atomic E-state index is 0.444. The lowest BCUT2D eigenvalue weighted by Crippen LogP contribution is -1.92. The summed E-state index contributed by atoms with van der Waals surface area (Å²) in [6, 6.07) is 21.6. The second kappa shape index (κ2) is 15.5. The summed E-state index contributed by atoms with van der Waals surface area (Å²) in [6.07, 6.45) is 18.7. The van der Waals surface area contributed by atoms with Gasteiger partial charge in [0.2, 0.25) is 0 Å². The lowest BCUT2D eigenvalue weighted by Gasteiger charge is -2.13. The van der Waals surface area contributed by atoms with E-state index in [0.717, 1.165) is 0 Å². The zero-order chi connectivity index (χ0) is 19.7. The van der Waals surface area contributed by atoms with Crippen molar-refractivity contribution >= 4 is 17.8 Å². The molecule has 0 amide bonds. The van der Waals surface area contributed by atoms with E-state index in [0.29, 0.717) is 5.25 Å². The highest BCUT2D eigenvalue weighted by atomic mass is 32.2. The molecule has 0 bridgehead atoms. The molecule has 2 rings (SSSR count). The number of rotatable bonds is 15. The molecular weight excluding hydrogens is 356 g/mol. The van der Waals surface area contributed by atoms with Crippen LogP contribution >= 0.6 is 11.8 Å². The van der Waals surface area contributed by atoms with Crippen molar-refractivity contribution in [3.63, 3.8) is 0 Å². The van der Waals surface area contributed by atoms with Gasteiger partial charge in [-0.15, -0.1) is 11.8 Å². The molecule has 2 aromatic carbocycles. The Kier molecular flexibility index (Phi) is 12.6. The first-order valence-electron chi connectivity index (χ1n) is 11.3. The number of hydrogen-bond donors (Lipinski definition) is 0. The third-order valence-electron chi connectivity index (χ3n) is 5.19. The summed E-state index contributed by atoms with van der Waals surface area (Å²) in [4.78, 5) is 0. The smallest absolute Gasteiger partial charge is 0.0480 e. The molecule has 0 spiro atoms. The van der Waals surface area contributed by atoms with Crippen LogP contribution in [0.2, 0.25) is 0 Å². The van der Waals surface area contributed by atoms with E-state index in [1.54, 1.807) is 0 Å². The largest absolute Gasteiger partial charge is 0.150 e. The van der Waals surface area contributed by atoms with Crippen molar-refractivity contribution in [1.29, 1.82) is 0 Å². The molecule has 0 radical (unpaired) electrons. The molecule has 28 heavy (non-hydrogen) atoms. The molecule has 152 valence electrons. The maximum Gasteiger partial charge on any atom is 0.0480 e. The third kappa shape index (κ3) is 10.2. The van der Waals surface area contributed by atoms with E-state index in [1.165, 1.54) is 81.1 Å². The third-order valence-corrected chi connectivity index (χ3v) is 6.50. The molecule has 1 atom stereocenters. The van der Waals surface area contributed by atoms with E-state index in [4.69, 9.17) is 0 Å². The van der Waals surface area contributed by atoms with E-state index in [9.17, 15) is 0 Å². The van der Waals surface area contributed by atoms with Gasteiger partial charge in [0, 0.05) is 5.25 Å². The molecule has 0 aliphatic carbocycles. The predicted octanol–water partition coefficient (Wildman–Crippen LogP) is 9.10. The van der Waals surface area contributed by atoms with Gasteiger partial charge in [-0.3, -0.25) is 0 Å². The second-order valence-electron chi connectivity index (χ2n) is 7.65. The zero-order valence-electron chi connectivity index (χ0n) is 17.7. The minimum Gasteiger partial charge on any atom is -0.150 e. The van der Waals surface area contributed by atoms with E-state index in [2.05, 4.69) is 91.5 Å². The van der Waals surface area contributed by atoms with Crippen LogP contribution in [-0.4, -0.2) is 5.75 Å². The molecule has 2 aromatic rings. The van der Waals surface area contributed by atoms with Crippen LogP contribution in [-0.2, 0) is 0 Å². The topological polar surface area (TPSA) is 0 Å². The fourth-order valence-electron chi connectivity index (χ4n) is 3.47. The first-order valence-corrected chi connectivity index (χ1v) is 12.3. The Hall–Kier alpha value is -1.47. The normalized spacial score (nSPS) is 12.5. The average Bonchev–Trinajstić information content (AvgIpc) is 2.75. The summed E-state index contributed by atoms with van der Waals surface area (Å²) in [5.74, 6) is 1.25. The summed E-state index contributed by atoms with van der Waals surface area (Å²) < 4.78 is 0. The number of unbranched alkanes of at least 4 members (excludes halogenated alkanes) is 9. The van der Waals surface area contributed by atoms with Crippen molar-refractivity contribution in [2.24, 2.45) is 0 Å². The van der Waals surface area contributed by atoms with Gasteiger partial charge in [0.1, 0.15) is 0 Å². The average molecular weight is 395 g/mol. The Morgan fingerprint density at radius 1 is 0.679 bits per heavy atom. The highest BCUT2D eigenvalue weighted by Gasteiger charge is 2.08. The fraction of sp³-hybridized carbons (Fsp3) is 0.481. The van der Waals surface area contributed by atoms with Crippen LogP contribution in [0.5, 0.6) is 0 Å². The Bertz CT molecular complexity index is 617. The van der Waals surface area contributed by atoms with Gasteiger partial charge in [0.25, 0.3) is 0 Å². The summed E-state index contributed by atoms with van der Waals surface area (Å²) in [5.41, 5.74) is 2.69. The molecular formula is C27H38S. The van der Waals surface area contributed by atoms with Crippen LogP contribution in [0.4, 0.5) is 0 Å². The number of benzene rings is 2. The molecule has 0 aromatic heterocycles. The van der Waals surface area contributed by atoms with E-state index < -0.39 is 0 Å². The summed E-state index contributed by atoms with van der Waals surface area (Å²) >= 11 is 2.08. The minimum atomic E-state index is 0.444. The van der Waals surface area contributed by atoms with Crippen molar-refractivity contribution < 1.29 is 0 Å². The van der Waals surface area contributed by atoms with Crippen LogP contribution in [0.15, 0.2) is 66.7 Å². The summed E-state index contributed by atoms with van der Waals surface area (Å²) in [7, 11) is 0. The first kappa shape index (κ1) is 22.8. The molecule has 1 heteroatoms. The van der Waals surface area contributed by atoms with E-state index >= 15 is 0 Å². The molecule has 0 N–H and O–H groups in total. The van der Waals surface area contributed by atoms with Gasteiger partial charge in [-0.1, -0.05) is 138 Å². The predicted molar refractivity (Wildman–Crippen MR) is 129 cm³/mol. The van der Waals surface area contributed by atoms with Crippen molar-refractivity contribution in [1.82, 2.24) is 0 Å². The number of thioether (sulfide) groups is 1. The van der Waals surface area contributed by atoms with Crippen molar-refractivity contribution in [2.75, 3.05) is 5.75 Å². The van der Waals surface area contributed by atoms with Gasteiger partial charge >= 0.3 is 0 Å². The van der Waals surface area contributed by atoms with E-state index in [-0.39, 0.29) is 0 Å². The maximum atomic E-state index is 2.37. The fourth-order valence-corrected chi connectivity index (χ4v) is 4.63. The molecule has 0 heterocycles. The Labute approximate surface area is 177 Å². The van der Waals surface area contributed by atoms with Gasteiger partial charge in [-0.05, 0) is 23.3 Å². The van der Waals surface area contributed by atoms with Crippen LogP contribution in [0.3, 0.4) is 0 Å². The SMILES string of the molecule is CCCCCCCCCCCCSC(/C=C/c1ccccc1)c1ccccc1. The lowest BCUT2D eigenvalue weighted by atomic mass is 10.1. The van der Waals surface area contributed by atoms with Crippen molar-refractivity contribution in [3.8, 4) is 0 Å². The van der Waals surface area contributed by atoms with Crippen LogP contribution in [0.25, 0.3) is 6.08 Å². The monoisotopic (exact) mass is 394 g/mol. The van der Waals surface area contributed by atoms with Crippen LogP contribution < -0.4 is 0 Å². The highest BCUT2D eigenvalue weighted by molar-refractivity contribution is 7.99. The van der Waals surface area contributed by atoms with E-state index in [1.807, 2.05) is 0 Å².